The maximum absolute atomic E-state index is 13.0. The first-order valence-corrected chi connectivity index (χ1v) is 7.81. The van der Waals surface area contributed by atoms with E-state index >= 15 is 0 Å². The van der Waals surface area contributed by atoms with Gasteiger partial charge in [-0.15, -0.1) is 6.58 Å². The predicted molar refractivity (Wildman–Crippen MR) is 96.3 cm³/mol. The van der Waals surface area contributed by atoms with Gasteiger partial charge >= 0.3 is 0 Å². The number of furan rings is 1. The van der Waals surface area contributed by atoms with Gasteiger partial charge in [0, 0.05) is 16.4 Å². The highest BCUT2D eigenvalue weighted by atomic mass is 16.4. The van der Waals surface area contributed by atoms with Crippen molar-refractivity contribution in [2.24, 2.45) is 0 Å². The number of phenols is 2. The van der Waals surface area contributed by atoms with Crippen LogP contribution in [0.4, 0.5) is 0 Å². The van der Waals surface area contributed by atoms with Crippen LogP contribution in [0.2, 0.25) is 0 Å². The van der Waals surface area contributed by atoms with Crippen molar-refractivity contribution in [3.63, 3.8) is 0 Å². The van der Waals surface area contributed by atoms with Gasteiger partial charge < -0.3 is 19.0 Å². The van der Waals surface area contributed by atoms with Crippen molar-refractivity contribution in [2.75, 3.05) is 0 Å². The van der Waals surface area contributed by atoms with E-state index in [1.807, 2.05) is 13.8 Å². The number of rotatable bonds is 2. The van der Waals surface area contributed by atoms with Crippen molar-refractivity contribution in [3.05, 3.63) is 59.0 Å². The normalized spacial score (nSPS) is 12.2. The number of allylic oxidation sites excluding steroid dienone is 1. The predicted octanol–water partition coefficient (Wildman–Crippen LogP) is 4.57. The Bertz CT molecular complexity index is 1220. The van der Waals surface area contributed by atoms with Gasteiger partial charge in [0.1, 0.15) is 11.1 Å². The molecule has 2 heterocycles. The van der Waals surface area contributed by atoms with Crippen LogP contribution < -0.4 is 5.43 Å². The lowest BCUT2D eigenvalue weighted by molar-refractivity contribution is 0.444. The molecule has 5 heteroatoms. The zero-order chi connectivity index (χ0) is 17.9. The summed E-state index contributed by atoms with van der Waals surface area (Å²) >= 11 is 0. The van der Waals surface area contributed by atoms with Crippen molar-refractivity contribution in [2.45, 2.75) is 19.3 Å². The smallest absolute Gasteiger partial charge is 0.204 e. The van der Waals surface area contributed by atoms with Crippen LogP contribution >= 0.6 is 0 Å². The van der Waals surface area contributed by atoms with E-state index in [4.69, 9.17) is 8.83 Å². The van der Waals surface area contributed by atoms with Crippen LogP contribution in [0.1, 0.15) is 19.4 Å². The molecule has 4 rings (SSSR count). The molecule has 126 valence electrons. The lowest BCUT2D eigenvalue weighted by Gasteiger charge is -2.22. The Morgan fingerprint density at radius 2 is 1.88 bits per heavy atom. The number of hydrogen-bond donors (Lipinski definition) is 2. The molecule has 0 bridgehead atoms. The first-order chi connectivity index (χ1) is 11.8. The van der Waals surface area contributed by atoms with E-state index in [1.165, 1.54) is 12.3 Å². The molecule has 2 N–H and O–H groups in total. The van der Waals surface area contributed by atoms with Gasteiger partial charge in [0.05, 0.1) is 11.6 Å². The summed E-state index contributed by atoms with van der Waals surface area (Å²) in [5, 5.41) is 22.1. The van der Waals surface area contributed by atoms with E-state index in [1.54, 1.807) is 24.3 Å². The van der Waals surface area contributed by atoms with E-state index < -0.39 is 10.8 Å². The van der Waals surface area contributed by atoms with Crippen LogP contribution in [0.25, 0.3) is 32.9 Å². The molecule has 0 aliphatic rings. The van der Waals surface area contributed by atoms with Gasteiger partial charge in [0.15, 0.2) is 22.5 Å². The lowest BCUT2D eigenvalue weighted by Crippen LogP contribution is -2.14. The third-order valence-electron chi connectivity index (χ3n) is 4.69. The van der Waals surface area contributed by atoms with Crippen molar-refractivity contribution in [1.82, 2.24) is 0 Å². The number of phenolic OH excluding ortho intramolecular Hbond substituents is 2. The highest BCUT2D eigenvalue weighted by Gasteiger charge is 2.27. The van der Waals surface area contributed by atoms with Gasteiger partial charge in [0.25, 0.3) is 0 Å². The van der Waals surface area contributed by atoms with Gasteiger partial charge in [-0.3, -0.25) is 4.79 Å². The molecule has 0 fully saturated rings. The summed E-state index contributed by atoms with van der Waals surface area (Å²) in [6.07, 6.45) is 3.14. The summed E-state index contributed by atoms with van der Waals surface area (Å²) in [4.78, 5) is 13.0. The second kappa shape index (κ2) is 4.89. The molecule has 0 amide bonds. The molecule has 0 spiro atoms. The largest absolute Gasteiger partial charge is 0.507 e. The standard InChI is InChI=1S/C20H16O5/c1-4-20(2,3)12-9-13(21)19-14(16(12)23)15(22)11-6-5-10-7-8-24-17(10)18(11)25-19/h4-9,21,23H,1H2,2-3H3. The summed E-state index contributed by atoms with van der Waals surface area (Å²) < 4.78 is 11.2. The second-order valence-electron chi connectivity index (χ2n) is 6.63. The molecule has 25 heavy (non-hydrogen) atoms. The minimum absolute atomic E-state index is 0.0525. The number of hydrogen-bond acceptors (Lipinski definition) is 5. The maximum atomic E-state index is 13.0. The van der Waals surface area contributed by atoms with Gasteiger partial charge in [-0.05, 0) is 18.2 Å². The Hall–Kier alpha value is -3.21. The first kappa shape index (κ1) is 15.3. The molecule has 4 aromatic rings. The fourth-order valence-electron chi connectivity index (χ4n) is 3.08. The maximum Gasteiger partial charge on any atom is 0.204 e. The topological polar surface area (TPSA) is 83.8 Å². The fraction of sp³-hybridized carbons (Fsp3) is 0.150. The van der Waals surface area contributed by atoms with E-state index in [0.29, 0.717) is 11.1 Å². The van der Waals surface area contributed by atoms with Crippen molar-refractivity contribution in [1.29, 1.82) is 0 Å². The van der Waals surface area contributed by atoms with Crippen LogP contribution in [0.3, 0.4) is 0 Å². The van der Waals surface area contributed by atoms with E-state index in [-0.39, 0.29) is 33.4 Å². The van der Waals surface area contributed by atoms with E-state index in [9.17, 15) is 15.0 Å². The summed E-state index contributed by atoms with van der Waals surface area (Å²) in [5.74, 6) is -0.437. The summed E-state index contributed by atoms with van der Waals surface area (Å²) in [6.45, 7) is 7.41. The van der Waals surface area contributed by atoms with Gasteiger partial charge in [-0.2, -0.15) is 0 Å². The van der Waals surface area contributed by atoms with Crippen molar-refractivity contribution >= 4 is 32.9 Å². The van der Waals surface area contributed by atoms with Crippen LogP contribution in [-0.4, -0.2) is 10.2 Å². The van der Waals surface area contributed by atoms with Crippen molar-refractivity contribution < 1.29 is 19.0 Å². The van der Waals surface area contributed by atoms with Gasteiger partial charge in [-0.25, -0.2) is 0 Å². The minimum atomic E-state index is -0.637. The zero-order valence-corrected chi connectivity index (χ0v) is 13.8. The molecular weight excluding hydrogens is 320 g/mol. The molecule has 2 aromatic heterocycles. The van der Waals surface area contributed by atoms with Crippen molar-refractivity contribution in [3.8, 4) is 11.5 Å². The average molecular weight is 336 g/mol. The van der Waals surface area contributed by atoms with Crippen LogP contribution in [0.15, 0.2) is 56.8 Å². The Kier molecular flexibility index (Phi) is 3.00. The van der Waals surface area contributed by atoms with Gasteiger partial charge in [-0.1, -0.05) is 26.0 Å². The Balaban J connectivity index is 2.25. The summed E-state index contributed by atoms with van der Waals surface area (Å²) in [6, 6.07) is 6.53. The molecule has 0 aliphatic carbocycles. The Morgan fingerprint density at radius 1 is 1.12 bits per heavy atom. The van der Waals surface area contributed by atoms with Crippen LogP contribution in [-0.2, 0) is 5.41 Å². The molecule has 0 saturated carbocycles. The average Bonchev–Trinajstić information content (AvgIpc) is 3.06. The zero-order valence-electron chi connectivity index (χ0n) is 13.8. The number of fused-ring (bicyclic) bond motifs is 4. The molecule has 0 atom stereocenters. The third kappa shape index (κ3) is 1.99. The highest BCUT2D eigenvalue weighted by Crippen LogP contribution is 2.41. The highest BCUT2D eigenvalue weighted by molar-refractivity contribution is 6.05. The molecule has 2 aromatic carbocycles. The Labute approximate surface area is 142 Å². The minimum Gasteiger partial charge on any atom is -0.507 e. The second-order valence-corrected chi connectivity index (χ2v) is 6.63. The van der Waals surface area contributed by atoms with Crippen LogP contribution in [0, 0.1) is 0 Å². The number of aromatic hydroxyl groups is 2. The quantitative estimate of drug-likeness (QED) is 0.318. The third-order valence-corrected chi connectivity index (χ3v) is 4.69. The number of benzene rings is 2. The van der Waals surface area contributed by atoms with Crippen LogP contribution in [0.5, 0.6) is 11.5 Å². The monoisotopic (exact) mass is 336 g/mol. The fourth-order valence-corrected chi connectivity index (χ4v) is 3.08. The SMILES string of the molecule is C=CC(C)(C)c1cc(O)c2oc3c(ccc4ccoc43)c(=O)c2c1O. The summed E-state index contributed by atoms with van der Waals surface area (Å²) in [5.41, 5.74) is -0.0663. The molecule has 0 aliphatic heterocycles. The van der Waals surface area contributed by atoms with E-state index in [2.05, 4.69) is 6.58 Å². The molecule has 5 nitrogen and oxygen atoms in total. The molecule has 0 unspecified atom stereocenters. The Morgan fingerprint density at radius 3 is 2.60 bits per heavy atom. The van der Waals surface area contributed by atoms with E-state index in [0.717, 1.165) is 5.39 Å². The molecule has 0 saturated heterocycles. The lowest BCUT2D eigenvalue weighted by atomic mass is 9.83. The first-order valence-electron chi connectivity index (χ1n) is 7.81. The summed E-state index contributed by atoms with van der Waals surface area (Å²) in [7, 11) is 0. The van der Waals surface area contributed by atoms with Gasteiger partial charge in [0.2, 0.25) is 5.43 Å². The molecule has 0 radical (unpaired) electrons. The molecular formula is C20H16O5.